The Kier molecular flexibility index (Phi) is 6.63. The maximum Gasteiger partial charge on any atom is 0.233 e. The van der Waals surface area contributed by atoms with Gasteiger partial charge in [-0.15, -0.1) is 10.2 Å². The standard InChI is InChI=1S/C27H25N5O2S/c1-3-32-26(29-30-27(32)35-18-25(33)31(2)17-20-12-9-15-34-20)22-16-24(19-10-5-4-6-11-19)28-23-14-8-7-13-21(22)23/h4-16H,3,17-18H2,1-2H3. The fourth-order valence-corrected chi connectivity index (χ4v) is 4.90. The van der Waals surface area contributed by atoms with Crippen LogP contribution in [0.3, 0.4) is 0 Å². The Morgan fingerprint density at radius 3 is 2.60 bits per heavy atom. The first-order valence-corrected chi connectivity index (χ1v) is 12.4. The molecule has 0 aliphatic heterocycles. The van der Waals surface area contributed by atoms with Crippen LogP contribution in [0.25, 0.3) is 33.5 Å². The number of aromatic nitrogens is 4. The second-order valence-corrected chi connectivity index (χ2v) is 9.05. The van der Waals surface area contributed by atoms with Gasteiger partial charge in [-0.05, 0) is 31.2 Å². The van der Waals surface area contributed by atoms with Crippen LogP contribution in [-0.2, 0) is 17.9 Å². The molecule has 3 heterocycles. The number of furan rings is 1. The minimum absolute atomic E-state index is 0.000622. The molecular weight excluding hydrogens is 458 g/mol. The van der Waals surface area contributed by atoms with Crippen LogP contribution in [0.15, 0.2) is 88.6 Å². The zero-order valence-electron chi connectivity index (χ0n) is 19.6. The van der Waals surface area contributed by atoms with E-state index in [0.29, 0.717) is 18.2 Å². The highest BCUT2D eigenvalue weighted by Gasteiger charge is 2.19. The summed E-state index contributed by atoms with van der Waals surface area (Å²) in [5, 5.41) is 10.7. The first-order valence-electron chi connectivity index (χ1n) is 11.4. The van der Waals surface area contributed by atoms with Crippen LogP contribution < -0.4 is 0 Å². The van der Waals surface area contributed by atoms with Crippen molar-refractivity contribution in [2.24, 2.45) is 0 Å². The molecule has 0 aliphatic carbocycles. The van der Waals surface area contributed by atoms with Gasteiger partial charge in [0.2, 0.25) is 5.91 Å². The predicted molar refractivity (Wildman–Crippen MR) is 138 cm³/mol. The van der Waals surface area contributed by atoms with E-state index in [1.807, 2.05) is 48.5 Å². The van der Waals surface area contributed by atoms with Gasteiger partial charge < -0.3 is 13.9 Å². The lowest BCUT2D eigenvalue weighted by atomic mass is 10.0. The molecule has 35 heavy (non-hydrogen) atoms. The number of thioether (sulfide) groups is 1. The highest BCUT2D eigenvalue weighted by Crippen LogP contribution is 2.33. The molecular formula is C27H25N5O2S. The maximum atomic E-state index is 12.7. The van der Waals surface area contributed by atoms with E-state index in [-0.39, 0.29) is 11.7 Å². The summed E-state index contributed by atoms with van der Waals surface area (Å²) in [6.07, 6.45) is 1.61. The van der Waals surface area contributed by atoms with Gasteiger partial charge in [-0.3, -0.25) is 4.79 Å². The second-order valence-electron chi connectivity index (χ2n) is 8.11. The molecule has 0 fully saturated rings. The van der Waals surface area contributed by atoms with Gasteiger partial charge in [0.05, 0.1) is 29.8 Å². The lowest BCUT2D eigenvalue weighted by Gasteiger charge is -2.15. The third kappa shape index (κ3) is 4.83. The van der Waals surface area contributed by atoms with E-state index in [0.717, 1.165) is 39.3 Å². The van der Waals surface area contributed by atoms with Crippen molar-refractivity contribution < 1.29 is 9.21 Å². The average Bonchev–Trinajstić information content (AvgIpc) is 3.56. The SMILES string of the molecule is CCn1c(SCC(=O)N(C)Cc2ccco2)nnc1-c1cc(-c2ccccc2)nc2ccccc12. The lowest BCUT2D eigenvalue weighted by Crippen LogP contribution is -2.27. The number of amides is 1. The summed E-state index contributed by atoms with van der Waals surface area (Å²) in [4.78, 5) is 19.2. The summed E-state index contributed by atoms with van der Waals surface area (Å²) in [7, 11) is 1.77. The molecule has 5 rings (SSSR count). The molecule has 0 spiro atoms. The molecule has 2 aromatic carbocycles. The van der Waals surface area contributed by atoms with Gasteiger partial charge in [-0.2, -0.15) is 0 Å². The first-order chi connectivity index (χ1) is 17.1. The van der Waals surface area contributed by atoms with E-state index in [1.54, 1.807) is 18.2 Å². The molecule has 5 aromatic rings. The molecule has 176 valence electrons. The van der Waals surface area contributed by atoms with Crippen molar-refractivity contribution in [3.8, 4) is 22.6 Å². The van der Waals surface area contributed by atoms with Crippen molar-refractivity contribution in [1.29, 1.82) is 0 Å². The Balaban J connectivity index is 1.45. The fourth-order valence-electron chi connectivity index (χ4n) is 3.96. The molecule has 8 heteroatoms. The van der Waals surface area contributed by atoms with Crippen LogP contribution in [-0.4, -0.2) is 43.4 Å². The smallest absolute Gasteiger partial charge is 0.233 e. The third-order valence-electron chi connectivity index (χ3n) is 5.78. The monoisotopic (exact) mass is 483 g/mol. The van der Waals surface area contributed by atoms with E-state index >= 15 is 0 Å². The minimum atomic E-state index is -0.000622. The molecule has 1 amide bonds. The molecule has 0 aliphatic rings. The Hall–Kier alpha value is -3.91. The number of carbonyl (C=O) groups is 1. The van der Waals surface area contributed by atoms with Crippen LogP contribution in [0.1, 0.15) is 12.7 Å². The molecule has 0 saturated carbocycles. The number of nitrogens with zero attached hydrogens (tertiary/aromatic N) is 5. The molecule has 0 bridgehead atoms. The lowest BCUT2D eigenvalue weighted by molar-refractivity contribution is -0.127. The molecule has 0 unspecified atom stereocenters. The summed E-state index contributed by atoms with van der Waals surface area (Å²) in [5.41, 5.74) is 3.80. The van der Waals surface area contributed by atoms with Crippen molar-refractivity contribution in [1.82, 2.24) is 24.6 Å². The van der Waals surface area contributed by atoms with E-state index in [9.17, 15) is 4.79 Å². The van der Waals surface area contributed by atoms with E-state index < -0.39 is 0 Å². The Labute approximate surface area is 207 Å². The van der Waals surface area contributed by atoms with Crippen molar-refractivity contribution in [2.75, 3.05) is 12.8 Å². The highest BCUT2D eigenvalue weighted by atomic mass is 32.2. The predicted octanol–water partition coefficient (Wildman–Crippen LogP) is 5.52. The largest absolute Gasteiger partial charge is 0.467 e. The molecule has 7 nitrogen and oxygen atoms in total. The number of para-hydroxylation sites is 1. The van der Waals surface area contributed by atoms with Crippen LogP contribution >= 0.6 is 11.8 Å². The second kappa shape index (κ2) is 10.1. The molecule has 0 atom stereocenters. The molecule has 0 saturated heterocycles. The van der Waals surface area contributed by atoms with Crippen molar-refractivity contribution in [2.45, 2.75) is 25.2 Å². The van der Waals surface area contributed by atoms with Crippen LogP contribution in [0.2, 0.25) is 0 Å². The number of benzene rings is 2. The Morgan fingerprint density at radius 2 is 1.83 bits per heavy atom. The zero-order chi connectivity index (χ0) is 24.2. The summed E-state index contributed by atoms with van der Waals surface area (Å²) in [5.74, 6) is 1.78. The first kappa shape index (κ1) is 22.9. The summed E-state index contributed by atoms with van der Waals surface area (Å²) in [6, 6.07) is 23.9. The maximum absolute atomic E-state index is 12.7. The summed E-state index contributed by atoms with van der Waals surface area (Å²) < 4.78 is 7.41. The Bertz CT molecular complexity index is 1450. The molecule has 0 radical (unpaired) electrons. The third-order valence-corrected chi connectivity index (χ3v) is 6.73. The normalized spacial score (nSPS) is 11.1. The van der Waals surface area contributed by atoms with Crippen molar-refractivity contribution >= 4 is 28.6 Å². The van der Waals surface area contributed by atoms with E-state index in [2.05, 4.69) is 46.0 Å². The highest BCUT2D eigenvalue weighted by molar-refractivity contribution is 7.99. The molecule has 3 aromatic heterocycles. The van der Waals surface area contributed by atoms with Crippen LogP contribution in [0.4, 0.5) is 0 Å². The number of hydrogen-bond acceptors (Lipinski definition) is 6. The zero-order valence-corrected chi connectivity index (χ0v) is 20.4. The van der Waals surface area contributed by atoms with Gasteiger partial charge >= 0.3 is 0 Å². The Morgan fingerprint density at radius 1 is 1.03 bits per heavy atom. The van der Waals surface area contributed by atoms with Crippen molar-refractivity contribution in [3.63, 3.8) is 0 Å². The minimum Gasteiger partial charge on any atom is -0.467 e. The van der Waals surface area contributed by atoms with E-state index in [4.69, 9.17) is 9.40 Å². The topological polar surface area (TPSA) is 77.0 Å². The summed E-state index contributed by atoms with van der Waals surface area (Å²) >= 11 is 1.39. The van der Waals surface area contributed by atoms with Gasteiger partial charge in [-0.25, -0.2) is 4.98 Å². The van der Waals surface area contributed by atoms with Gasteiger partial charge in [0.25, 0.3) is 0 Å². The number of pyridine rings is 1. The fraction of sp³-hybridized carbons (Fsp3) is 0.185. The van der Waals surface area contributed by atoms with Gasteiger partial charge in [0.15, 0.2) is 11.0 Å². The van der Waals surface area contributed by atoms with Gasteiger partial charge in [0, 0.05) is 30.1 Å². The van der Waals surface area contributed by atoms with Crippen LogP contribution in [0, 0.1) is 0 Å². The van der Waals surface area contributed by atoms with Crippen molar-refractivity contribution in [3.05, 3.63) is 84.8 Å². The van der Waals surface area contributed by atoms with E-state index in [1.165, 1.54) is 11.8 Å². The van der Waals surface area contributed by atoms with Crippen LogP contribution in [0.5, 0.6) is 0 Å². The number of hydrogen-bond donors (Lipinski definition) is 0. The number of carbonyl (C=O) groups excluding carboxylic acids is 1. The van der Waals surface area contributed by atoms with Gasteiger partial charge in [0.1, 0.15) is 5.76 Å². The number of rotatable bonds is 8. The van der Waals surface area contributed by atoms with Gasteiger partial charge in [-0.1, -0.05) is 60.3 Å². The number of fused-ring (bicyclic) bond motifs is 1. The average molecular weight is 484 g/mol. The quantitative estimate of drug-likeness (QED) is 0.270. The molecule has 0 N–H and O–H groups in total. The summed E-state index contributed by atoms with van der Waals surface area (Å²) in [6.45, 7) is 3.17.